The first-order valence-corrected chi connectivity index (χ1v) is 9.22. The first-order chi connectivity index (χ1) is 12.2. The van der Waals surface area contributed by atoms with Crippen LogP contribution in [0.3, 0.4) is 0 Å². The predicted molar refractivity (Wildman–Crippen MR) is 98.3 cm³/mol. The molecule has 2 aliphatic heterocycles. The van der Waals surface area contributed by atoms with E-state index in [4.69, 9.17) is 0 Å². The Kier molecular flexibility index (Phi) is 4.53. The smallest absolute Gasteiger partial charge is 0.228 e. The highest BCUT2D eigenvalue weighted by Gasteiger charge is 2.45. The molecule has 2 aromatic rings. The highest BCUT2D eigenvalue weighted by atomic mass is 16.2. The Labute approximate surface area is 149 Å². The van der Waals surface area contributed by atoms with E-state index in [1.807, 2.05) is 12.1 Å². The third-order valence-electron chi connectivity index (χ3n) is 5.78. The van der Waals surface area contributed by atoms with Gasteiger partial charge in [-0.3, -0.25) is 9.78 Å². The van der Waals surface area contributed by atoms with E-state index < -0.39 is 0 Å². The molecule has 4 nitrogen and oxygen atoms in total. The monoisotopic (exact) mass is 335 g/mol. The number of rotatable bonds is 4. The van der Waals surface area contributed by atoms with Crippen molar-refractivity contribution in [2.45, 2.75) is 37.1 Å². The third-order valence-corrected chi connectivity index (χ3v) is 5.78. The van der Waals surface area contributed by atoms with Crippen molar-refractivity contribution in [2.24, 2.45) is 0 Å². The van der Waals surface area contributed by atoms with Crippen LogP contribution in [0.2, 0.25) is 0 Å². The van der Waals surface area contributed by atoms with Crippen LogP contribution in [0.1, 0.15) is 36.3 Å². The average molecular weight is 335 g/mol. The molecule has 1 aromatic carbocycles. The summed E-state index contributed by atoms with van der Waals surface area (Å²) in [5, 5.41) is 3.33. The summed E-state index contributed by atoms with van der Waals surface area (Å²) in [5.41, 5.74) is 2.49. The molecular weight excluding hydrogens is 310 g/mol. The lowest BCUT2D eigenvalue weighted by molar-refractivity contribution is -0.121. The topological polar surface area (TPSA) is 45.2 Å². The van der Waals surface area contributed by atoms with Crippen molar-refractivity contribution in [3.63, 3.8) is 0 Å². The first kappa shape index (κ1) is 16.3. The van der Waals surface area contributed by atoms with Crippen molar-refractivity contribution in [2.75, 3.05) is 19.6 Å². The van der Waals surface area contributed by atoms with Gasteiger partial charge in [0.1, 0.15) is 0 Å². The summed E-state index contributed by atoms with van der Waals surface area (Å²) < 4.78 is 0. The second kappa shape index (κ2) is 6.96. The molecule has 1 unspecified atom stereocenters. The van der Waals surface area contributed by atoms with Crippen LogP contribution in [0.4, 0.5) is 0 Å². The fourth-order valence-corrected chi connectivity index (χ4v) is 4.21. The highest BCUT2D eigenvalue weighted by molar-refractivity contribution is 5.87. The molecule has 2 aliphatic rings. The van der Waals surface area contributed by atoms with Gasteiger partial charge in [0.15, 0.2) is 0 Å². The van der Waals surface area contributed by atoms with Gasteiger partial charge in [0.25, 0.3) is 0 Å². The SMILES string of the molecule is O=C1NC2(CCN(CCc3ccccc3)CC2)CC1c1ccncc1. The maximum Gasteiger partial charge on any atom is 0.228 e. The molecule has 0 radical (unpaired) electrons. The number of aromatic nitrogens is 1. The van der Waals surface area contributed by atoms with Crippen molar-refractivity contribution in [3.8, 4) is 0 Å². The molecule has 4 rings (SSSR count). The summed E-state index contributed by atoms with van der Waals surface area (Å²) in [7, 11) is 0. The summed E-state index contributed by atoms with van der Waals surface area (Å²) in [6, 6.07) is 14.6. The van der Waals surface area contributed by atoms with Gasteiger partial charge >= 0.3 is 0 Å². The summed E-state index contributed by atoms with van der Waals surface area (Å²) in [6.07, 6.45) is 7.67. The van der Waals surface area contributed by atoms with Crippen molar-refractivity contribution in [3.05, 3.63) is 66.0 Å². The van der Waals surface area contributed by atoms with Gasteiger partial charge in [0, 0.05) is 37.6 Å². The lowest BCUT2D eigenvalue weighted by Crippen LogP contribution is -2.51. The van der Waals surface area contributed by atoms with E-state index in [9.17, 15) is 4.79 Å². The molecule has 1 atom stereocenters. The number of amides is 1. The number of carbonyl (C=O) groups is 1. The van der Waals surface area contributed by atoms with E-state index >= 15 is 0 Å². The Balaban J connectivity index is 1.33. The highest BCUT2D eigenvalue weighted by Crippen LogP contribution is 2.39. The van der Waals surface area contributed by atoms with Crippen LogP contribution >= 0.6 is 0 Å². The van der Waals surface area contributed by atoms with E-state index in [0.29, 0.717) is 0 Å². The van der Waals surface area contributed by atoms with Crippen LogP contribution in [-0.4, -0.2) is 41.0 Å². The Bertz CT molecular complexity index is 708. The molecule has 2 saturated heterocycles. The van der Waals surface area contributed by atoms with E-state index in [-0.39, 0.29) is 17.4 Å². The first-order valence-electron chi connectivity index (χ1n) is 9.22. The molecular formula is C21H25N3O. The number of likely N-dealkylation sites (tertiary alicyclic amines) is 1. The van der Waals surface area contributed by atoms with E-state index in [2.05, 4.69) is 45.5 Å². The van der Waals surface area contributed by atoms with Gasteiger partial charge in [-0.15, -0.1) is 0 Å². The largest absolute Gasteiger partial charge is 0.350 e. The molecule has 130 valence electrons. The van der Waals surface area contributed by atoms with Crippen molar-refractivity contribution in [1.29, 1.82) is 0 Å². The molecule has 0 saturated carbocycles. The molecule has 0 bridgehead atoms. The van der Waals surface area contributed by atoms with Gasteiger partial charge in [-0.1, -0.05) is 30.3 Å². The van der Waals surface area contributed by atoms with Gasteiger partial charge in [-0.05, 0) is 48.9 Å². The maximum atomic E-state index is 12.5. The molecule has 1 aromatic heterocycles. The van der Waals surface area contributed by atoms with Gasteiger partial charge in [-0.25, -0.2) is 0 Å². The Morgan fingerprint density at radius 3 is 2.52 bits per heavy atom. The van der Waals surface area contributed by atoms with Gasteiger partial charge < -0.3 is 10.2 Å². The lowest BCUT2D eigenvalue weighted by Gasteiger charge is -2.39. The van der Waals surface area contributed by atoms with Crippen LogP contribution < -0.4 is 5.32 Å². The number of piperidine rings is 1. The number of nitrogens with zero attached hydrogens (tertiary/aromatic N) is 2. The zero-order valence-corrected chi connectivity index (χ0v) is 14.5. The summed E-state index contributed by atoms with van der Waals surface area (Å²) in [4.78, 5) is 19.1. The fourth-order valence-electron chi connectivity index (χ4n) is 4.21. The lowest BCUT2D eigenvalue weighted by atomic mass is 9.82. The molecule has 0 aliphatic carbocycles. The predicted octanol–water partition coefficient (Wildman–Crippen LogP) is 2.76. The van der Waals surface area contributed by atoms with Crippen molar-refractivity contribution < 1.29 is 4.79 Å². The Morgan fingerprint density at radius 2 is 1.80 bits per heavy atom. The number of hydrogen-bond donors (Lipinski definition) is 1. The molecule has 3 heterocycles. The average Bonchev–Trinajstić information content (AvgIpc) is 2.99. The van der Waals surface area contributed by atoms with Crippen LogP contribution in [0, 0.1) is 0 Å². The third kappa shape index (κ3) is 3.59. The molecule has 4 heteroatoms. The second-order valence-corrected chi connectivity index (χ2v) is 7.38. The number of pyridine rings is 1. The standard InChI is InChI=1S/C21H25N3O/c25-20-19(18-6-11-22-12-7-18)16-21(23-20)9-14-24(15-10-21)13-8-17-4-2-1-3-5-17/h1-7,11-12,19H,8-10,13-16H2,(H,23,25). The van der Waals surface area contributed by atoms with Crippen molar-refractivity contribution in [1.82, 2.24) is 15.2 Å². The minimum absolute atomic E-state index is 0.00569. The van der Waals surface area contributed by atoms with E-state index in [1.54, 1.807) is 12.4 Å². The zero-order valence-electron chi connectivity index (χ0n) is 14.5. The fraction of sp³-hybridized carbons (Fsp3) is 0.429. The van der Waals surface area contributed by atoms with Gasteiger partial charge in [0.05, 0.1) is 5.92 Å². The number of hydrogen-bond acceptors (Lipinski definition) is 3. The molecule has 1 N–H and O–H groups in total. The minimum atomic E-state index is -0.0149. The van der Waals surface area contributed by atoms with Gasteiger partial charge in [-0.2, -0.15) is 0 Å². The summed E-state index contributed by atoms with van der Waals surface area (Å²) in [6.45, 7) is 3.23. The van der Waals surface area contributed by atoms with Crippen LogP contribution in [0.15, 0.2) is 54.9 Å². The molecule has 2 fully saturated rings. The number of carbonyl (C=O) groups excluding carboxylic acids is 1. The van der Waals surface area contributed by atoms with Crippen LogP contribution in [0.5, 0.6) is 0 Å². The van der Waals surface area contributed by atoms with E-state index in [0.717, 1.165) is 50.9 Å². The Hall–Kier alpha value is -2.20. The van der Waals surface area contributed by atoms with Crippen molar-refractivity contribution >= 4 is 5.91 Å². The quantitative estimate of drug-likeness (QED) is 0.934. The number of nitrogens with one attached hydrogen (secondary N) is 1. The summed E-state index contributed by atoms with van der Waals surface area (Å²) >= 11 is 0. The Morgan fingerprint density at radius 1 is 1.08 bits per heavy atom. The zero-order chi connectivity index (χ0) is 17.1. The normalized spacial score (nSPS) is 22.9. The maximum absolute atomic E-state index is 12.5. The van der Waals surface area contributed by atoms with E-state index in [1.165, 1.54) is 5.56 Å². The molecule has 25 heavy (non-hydrogen) atoms. The molecule has 1 spiro atoms. The number of benzene rings is 1. The van der Waals surface area contributed by atoms with Gasteiger partial charge in [0.2, 0.25) is 5.91 Å². The minimum Gasteiger partial charge on any atom is -0.350 e. The van der Waals surface area contributed by atoms with Crippen LogP contribution in [-0.2, 0) is 11.2 Å². The second-order valence-electron chi connectivity index (χ2n) is 7.38. The van der Waals surface area contributed by atoms with Crippen LogP contribution in [0.25, 0.3) is 0 Å². The molecule has 1 amide bonds. The summed E-state index contributed by atoms with van der Waals surface area (Å²) in [5.74, 6) is 0.169.